The molecular formula is C27H21N. The fourth-order valence-electron chi connectivity index (χ4n) is 4.07. The molecule has 0 saturated carbocycles. The van der Waals surface area contributed by atoms with E-state index in [1.54, 1.807) is 0 Å². The first-order chi connectivity index (χ1) is 13.9. The van der Waals surface area contributed by atoms with E-state index in [1.165, 1.54) is 33.2 Å². The number of para-hydroxylation sites is 1. The Balaban J connectivity index is 1.63. The first kappa shape index (κ1) is 16.7. The van der Waals surface area contributed by atoms with E-state index in [9.17, 15) is 0 Å². The monoisotopic (exact) mass is 359 g/mol. The second kappa shape index (κ2) is 7.28. The van der Waals surface area contributed by atoms with Crippen LogP contribution in [0.5, 0.6) is 0 Å². The molecule has 28 heavy (non-hydrogen) atoms. The molecule has 1 aliphatic rings. The van der Waals surface area contributed by atoms with E-state index in [1.807, 2.05) is 6.07 Å². The van der Waals surface area contributed by atoms with Gasteiger partial charge in [-0.25, -0.2) is 4.98 Å². The Hall–Kier alpha value is -3.45. The van der Waals surface area contributed by atoms with Crippen molar-refractivity contribution >= 4 is 22.6 Å². The zero-order valence-electron chi connectivity index (χ0n) is 15.7. The lowest BCUT2D eigenvalue weighted by atomic mass is 9.94. The summed E-state index contributed by atoms with van der Waals surface area (Å²) in [6.45, 7) is 0. The maximum Gasteiger partial charge on any atom is 0.0715 e. The average Bonchev–Trinajstić information content (AvgIpc) is 3.16. The number of hydrogen-bond acceptors (Lipinski definition) is 1. The van der Waals surface area contributed by atoms with Crippen molar-refractivity contribution in [2.24, 2.45) is 0 Å². The quantitative estimate of drug-likeness (QED) is 0.386. The number of nitrogens with zero attached hydrogens (tertiary/aromatic N) is 1. The van der Waals surface area contributed by atoms with Gasteiger partial charge >= 0.3 is 0 Å². The van der Waals surface area contributed by atoms with Crippen molar-refractivity contribution in [3.8, 4) is 11.1 Å². The highest BCUT2D eigenvalue weighted by molar-refractivity contribution is 5.99. The van der Waals surface area contributed by atoms with E-state index in [0.717, 1.165) is 24.1 Å². The van der Waals surface area contributed by atoms with Crippen LogP contribution in [-0.4, -0.2) is 4.98 Å². The molecular weight excluding hydrogens is 338 g/mol. The molecule has 0 radical (unpaired) electrons. The Bertz CT molecular complexity index is 1190. The molecule has 0 N–H and O–H groups in total. The van der Waals surface area contributed by atoms with E-state index in [-0.39, 0.29) is 0 Å². The number of rotatable bonds is 3. The molecule has 4 aromatic rings. The van der Waals surface area contributed by atoms with E-state index >= 15 is 0 Å². The summed E-state index contributed by atoms with van der Waals surface area (Å²) in [6, 6.07) is 29.6. The van der Waals surface area contributed by atoms with Crippen molar-refractivity contribution < 1.29 is 0 Å². The van der Waals surface area contributed by atoms with Crippen LogP contribution in [-0.2, 0) is 6.42 Å². The Kier molecular flexibility index (Phi) is 4.34. The van der Waals surface area contributed by atoms with E-state index < -0.39 is 0 Å². The van der Waals surface area contributed by atoms with E-state index in [4.69, 9.17) is 4.98 Å². The molecule has 0 bridgehead atoms. The zero-order chi connectivity index (χ0) is 18.8. The minimum atomic E-state index is 1.04. The van der Waals surface area contributed by atoms with Gasteiger partial charge in [-0.1, -0.05) is 97.1 Å². The van der Waals surface area contributed by atoms with Crippen molar-refractivity contribution in [3.05, 3.63) is 114 Å². The molecule has 0 fully saturated rings. The van der Waals surface area contributed by atoms with Crippen LogP contribution in [0.25, 0.3) is 33.7 Å². The van der Waals surface area contributed by atoms with Crippen LogP contribution < -0.4 is 0 Å². The Morgan fingerprint density at radius 2 is 1.43 bits per heavy atom. The third kappa shape index (κ3) is 3.05. The van der Waals surface area contributed by atoms with Crippen molar-refractivity contribution in [1.29, 1.82) is 0 Å². The maximum atomic E-state index is 5.05. The predicted molar refractivity (Wildman–Crippen MR) is 119 cm³/mol. The summed E-state index contributed by atoms with van der Waals surface area (Å²) in [5, 5.41) is 1.24. The molecule has 0 saturated heterocycles. The molecule has 0 spiro atoms. The number of allylic oxidation sites excluding steroid dienone is 3. The van der Waals surface area contributed by atoms with E-state index in [2.05, 4.69) is 97.1 Å². The van der Waals surface area contributed by atoms with Crippen molar-refractivity contribution in [2.45, 2.75) is 12.8 Å². The highest BCUT2D eigenvalue weighted by Crippen LogP contribution is 2.41. The number of fused-ring (bicyclic) bond motifs is 2. The molecule has 3 aromatic carbocycles. The molecule has 1 aliphatic carbocycles. The Morgan fingerprint density at radius 1 is 0.714 bits per heavy atom. The number of pyridine rings is 1. The van der Waals surface area contributed by atoms with Crippen molar-refractivity contribution in [3.63, 3.8) is 0 Å². The topological polar surface area (TPSA) is 12.9 Å². The van der Waals surface area contributed by atoms with E-state index in [0.29, 0.717) is 0 Å². The second-order valence-electron chi connectivity index (χ2n) is 7.16. The van der Waals surface area contributed by atoms with Crippen LogP contribution in [0.1, 0.15) is 23.2 Å². The molecule has 1 heteroatoms. The molecule has 1 heterocycles. The summed E-state index contributed by atoms with van der Waals surface area (Å²) in [7, 11) is 0. The van der Waals surface area contributed by atoms with Crippen LogP contribution in [0.2, 0.25) is 0 Å². The van der Waals surface area contributed by atoms with Crippen LogP contribution in [0, 0.1) is 0 Å². The van der Waals surface area contributed by atoms with Crippen LogP contribution in [0.15, 0.2) is 97.1 Å². The summed E-state index contributed by atoms with van der Waals surface area (Å²) in [5.41, 5.74) is 8.77. The molecule has 5 rings (SSSR count). The van der Waals surface area contributed by atoms with Crippen molar-refractivity contribution in [2.75, 3.05) is 0 Å². The summed E-state index contributed by atoms with van der Waals surface area (Å²) < 4.78 is 0. The molecule has 134 valence electrons. The normalized spacial score (nSPS) is 14.8. The van der Waals surface area contributed by atoms with Crippen molar-refractivity contribution in [1.82, 2.24) is 4.98 Å². The predicted octanol–water partition coefficient (Wildman–Crippen LogP) is 6.94. The average molecular weight is 359 g/mol. The van der Waals surface area contributed by atoms with Gasteiger partial charge in [0.15, 0.2) is 0 Å². The van der Waals surface area contributed by atoms with Gasteiger partial charge < -0.3 is 0 Å². The standard InChI is InChI=1S/C27H21N/c1-3-10-20(11-4-1)12-9-15-22-18-19-24-26(21-13-5-2-6-14-21)23-16-7-8-17-25(23)28-27(22)24/h1-17H,18-19H2. The lowest BCUT2D eigenvalue weighted by Crippen LogP contribution is -1.95. The molecule has 0 atom stereocenters. The minimum Gasteiger partial charge on any atom is -0.248 e. The summed E-state index contributed by atoms with van der Waals surface area (Å²) in [6.07, 6.45) is 8.62. The molecule has 0 unspecified atom stereocenters. The highest BCUT2D eigenvalue weighted by atomic mass is 14.7. The largest absolute Gasteiger partial charge is 0.248 e. The van der Waals surface area contributed by atoms with Gasteiger partial charge in [-0.05, 0) is 46.7 Å². The van der Waals surface area contributed by atoms with Crippen LogP contribution in [0.4, 0.5) is 0 Å². The Morgan fingerprint density at radius 3 is 2.25 bits per heavy atom. The van der Waals surface area contributed by atoms with Gasteiger partial charge in [-0.15, -0.1) is 0 Å². The molecule has 1 nitrogen and oxygen atoms in total. The van der Waals surface area contributed by atoms with Gasteiger partial charge in [0.1, 0.15) is 0 Å². The first-order valence-electron chi connectivity index (χ1n) is 9.80. The lowest BCUT2D eigenvalue weighted by Gasteiger charge is -2.13. The first-order valence-corrected chi connectivity index (χ1v) is 9.80. The number of aromatic nitrogens is 1. The van der Waals surface area contributed by atoms with Crippen LogP contribution in [0.3, 0.4) is 0 Å². The molecule has 0 aliphatic heterocycles. The van der Waals surface area contributed by atoms with Gasteiger partial charge in [0, 0.05) is 5.39 Å². The van der Waals surface area contributed by atoms with Gasteiger partial charge in [-0.3, -0.25) is 0 Å². The highest BCUT2D eigenvalue weighted by Gasteiger charge is 2.23. The minimum absolute atomic E-state index is 1.04. The van der Waals surface area contributed by atoms with Gasteiger partial charge in [0.2, 0.25) is 0 Å². The fraction of sp³-hybridized carbons (Fsp3) is 0.0741. The second-order valence-corrected chi connectivity index (χ2v) is 7.16. The molecule has 0 amide bonds. The van der Waals surface area contributed by atoms with Gasteiger partial charge in [0.25, 0.3) is 0 Å². The zero-order valence-corrected chi connectivity index (χ0v) is 15.7. The molecule has 1 aromatic heterocycles. The smallest absolute Gasteiger partial charge is 0.0715 e. The summed E-state index contributed by atoms with van der Waals surface area (Å²) in [5.74, 6) is 0. The third-order valence-electron chi connectivity index (χ3n) is 5.39. The van der Waals surface area contributed by atoms with Gasteiger partial charge in [-0.2, -0.15) is 0 Å². The summed E-state index contributed by atoms with van der Waals surface area (Å²) >= 11 is 0. The maximum absolute atomic E-state index is 5.05. The number of benzene rings is 3. The third-order valence-corrected chi connectivity index (χ3v) is 5.39. The summed E-state index contributed by atoms with van der Waals surface area (Å²) in [4.78, 5) is 5.05. The number of hydrogen-bond donors (Lipinski definition) is 0. The lowest BCUT2D eigenvalue weighted by molar-refractivity contribution is 1.08. The fourth-order valence-corrected chi connectivity index (χ4v) is 4.07. The Labute approximate surface area is 165 Å². The van der Waals surface area contributed by atoms with Gasteiger partial charge in [0.05, 0.1) is 11.2 Å². The van der Waals surface area contributed by atoms with Crippen LogP contribution >= 0.6 is 0 Å². The SMILES string of the molecule is C(=Cc1ccccc1)C=C1CCc2c1nc1ccccc1c2-c1ccccc1.